The van der Waals surface area contributed by atoms with Gasteiger partial charge in [0.15, 0.2) is 0 Å². The van der Waals surface area contributed by atoms with E-state index in [0.717, 1.165) is 16.6 Å². The number of nitrogens with two attached hydrogens (primary N) is 1. The molecule has 3 nitrogen and oxygen atoms in total. The number of hydrogen-bond donors (Lipinski definition) is 1. The lowest BCUT2D eigenvalue weighted by Gasteiger charge is -1.98. The third-order valence-electron chi connectivity index (χ3n) is 1.80. The first-order valence-electron chi connectivity index (χ1n) is 5.43. The lowest BCUT2D eigenvalue weighted by atomic mass is 10.3. The molecule has 0 spiro atoms. The molecule has 0 bridgehead atoms. The van der Waals surface area contributed by atoms with Gasteiger partial charge in [0.1, 0.15) is 0 Å². The van der Waals surface area contributed by atoms with Gasteiger partial charge in [-0.15, -0.1) is 0 Å². The van der Waals surface area contributed by atoms with Crippen molar-refractivity contribution in [3.63, 3.8) is 0 Å². The molecule has 84 valence electrons. The van der Waals surface area contributed by atoms with Gasteiger partial charge in [0.25, 0.3) is 0 Å². The van der Waals surface area contributed by atoms with Crippen LogP contribution in [0.3, 0.4) is 0 Å². The fourth-order valence-corrected chi connectivity index (χ4v) is 1.28. The SMILES string of the molecule is CC.CC.Cn1ccc2cncc(N)c21. The molecule has 0 amide bonds. The van der Waals surface area contributed by atoms with Crippen LogP contribution in [0.25, 0.3) is 10.9 Å². The summed E-state index contributed by atoms with van der Waals surface area (Å²) in [6.07, 6.45) is 5.46. The highest BCUT2D eigenvalue weighted by molar-refractivity contribution is 5.89. The summed E-state index contributed by atoms with van der Waals surface area (Å²) in [5.74, 6) is 0. The van der Waals surface area contributed by atoms with Crippen molar-refractivity contribution in [3.05, 3.63) is 24.7 Å². The predicted molar refractivity (Wildman–Crippen MR) is 67.8 cm³/mol. The van der Waals surface area contributed by atoms with E-state index in [4.69, 9.17) is 5.73 Å². The number of anilines is 1. The summed E-state index contributed by atoms with van der Waals surface area (Å²) < 4.78 is 1.99. The first-order valence-corrected chi connectivity index (χ1v) is 5.43. The Balaban J connectivity index is 0.000000442. The molecule has 0 aromatic carbocycles. The molecule has 3 heteroatoms. The molecule has 2 N–H and O–H groups in total. The lowest BCUT2D eigenvalue weighted by Crippen LogP contribution is -1.92. The number of nitrogen functional groups attached to an aromatic ring is 1. The molecule has 0 saturated heterocycles. The highest BCUT2D eigenvalue weighted by Crippen LogP contribution is 2.18. The average Bonchev–Trinajstić information content (AvgIpc) is 2.68. The molecule has 2 aromatic heterocycles. The van der Waals surface area contributed by atoms with E-state index in [-0.39, 0.29) is 0 Å². The van der Waals surface area contributed by atoms with E-state index in [2.05, 4.69) is 4.98 Å². The lowest BCUT2D eigenvalue weighted by molar-refractivity contribution is 0.969. The highest BCUT2D eigenvalue weighted by atomic mass is 14.9. The minimum Gasteiger partial charge on any atom is -0.396 e. The maximum Gasteiger partial charge on any atom is 0.0747 e. The monoisotopic (exact) mass is 207 g/mol. The van der Waals surface area contributed by atoms with Crippen molar-refractivity contribution in [1.82, 2.24) is 9.55 Å². The molecule has 2 heterocycles. The van der Waals surface area contributed by atoms with Crippen molar-refractivity contribution in [3.8, 4) is 0 Å². The molecule has 0 radical (unpaired) electrons. The molecule has 2 aromatic rings. The summed E-state index contributed by atoms with van der Waals surface area (Å²) in [5, 5.41) is 1.09. The number of fused-ring (bicyclic) bond motifs is 1. The Kier molecular flexibility index (Phi) is 6.18. The summed E-state index contributed by atoms with van der Waals surface area (Å²) in [7, 11) is 1.97. The molecular formula is C12H21N3. The molecule has 0 saturated carbocycles. The molecule has 0 aliphatic heterocycles. The quantitative estimate of drug-likeness (QED) is 0.721. The first kappa shape index (κ1) is 13.5. The summed E-state index contributed by atoms with van der Waals surface area (Å²) in [6.45, 7) is 8.00. The molecule has 0 fully saturated rings. The van der Waals surface area contributed by atoms with Crippen LogP contribution in [0.2, 0.25) is 0 Å². The summed E-state index contributed by atoms with van der Waals surface area (Å²) in [4.78, 5) is 3.99. The average molecular weight is 207 g/mol. The van der Waals surface area contributed by atoms with Gasteiger partial charge in [0.05, 0.1) is 17.4 Å². The Morgan fingerprint density at radius 1 is 1.13 bits per heavy atom. The highest BCUT2D eigenvalue weighted by Gasteiger charge is 1.99. The van der Waals surface area contributed by atoms with Gasteiger partial charge in [-0.3, -0.25) is 4.98 Å². The second-order valence-electron chi connectivity index (χ2n) is 2.59. The predicted octanol–water partition coefficient (Wildman–Crippen LogP) is 3.21. The zero-order valence-electron chi connectivity index (χ0n) is 10.3. The number of pyridine rings is 1. The van der Waals surface area contributed by atoms with Crippen molar-refractivity contribution >= 4 is 16.6 Å². The van der Waals surface area contributed by atoms with Gasteiger partial charge >= 0.3 is 0 Å². The summed E-state index contributed by atoms with van der Waals surface area (Å²) in [6, 6.07) is 2.00. The molecule has 0 aliphatic rings. The maximum atomic E-state index is 5.72. The van der Waals surface area contributed by atoms with Gasteiger partial charge in [-0.2, -0.15) is 0 Å². The van der Waals surface area contributed by atoms with Crippen molar-refractivity contribution in [2.24, 2.45) is 7.05 Å². The Morgan fingerprint density at radius 2 is 1.73 bits per heavy atom. The van der Waals surface area contributed by atoms with Crippen LogP contribution in [0.4, 0.5) is 5.69 Å². The Bertz CT molecular complexity index is 391. The van der Waals surface area contributed by atoms with Crippen molar-refractivity contribution < 1.29 is 0 Å². The molecule has 0 unspecified atom stereocenters. The van der Waals surface area contributed by atoms with Crippen LogP contribution in [0.5, 0.6) is 0 Å². The maximum absolute atomic E-state index is 5.72. The molecule has 0 atom stereocenters. The fourth-order valence-electron chi connectivity index (χ4n) is 1.28. The van der Waals surface area contributed by atoms with E-state index >= 15 is 0 Å². The zero-order chi connectivity index (χ0) is 11.8. The van der Waals surface area contributed by atoms with Gasteiger partial charge in [0, 0.05) is 24.8 Å². The van der Waals surface area contributed by atoms with Crippen LogP contribution < -0.4 is 5.73 Å². The molecule has 15 heavy (non-hydrogen) atoms. The second-order valence-corrected chi connectivity index (χ2v) is 2.59. The van der Waals surface area contributed by atoms with Gasteiger partial charge in [0.2, 0.25) is 0 Å². The fraction of sp³-hybridized carbons (Fsp3) is 0.417. The Hall–Kier alpha value is -1.51. The van der Waals surface area contributed by atoms with Crippen LogP contribution in [0, 0.1) is 0 Å². The smallest absolute Gasteiger partial charge is 0.0747 e. The molecular weight excluding hydrogens is 186 g/mol. The van der Waals surface area contributed by atoms with Crippen LogP contribution in [-0.2, 0) is 7.05 Å². The number of nitrogens with zero attached hydrogens (tertiary/aromatic N) is 2. The Labute approximate surface area is 91.9 Å². The van der Waals surface area contributed by atoms with Gasteiger partial charge in [-0.25, -0.2) is 0 Å². The van der Waals surface area contributed by atoms with Gasteiger partial charge < -0.3 is 10.3 Å². The van der Waals surface area contributed by atoms with Crippen molar-refractivity contribution in [1.29, 1.82) is 0 Å². The molecule has 2 rings (SSSR count). The third kappa shape index (κ3) is 2.98. The van der Waals surface area contributed by atoms with E-state index < -0.39 is 0 Å². The number of rotatable bonds is 0. The van der Waals surface area contributed by atoms with Crippen LogP contribution in [-0.4, -0.2) is 9.55 Å². The third-order valence-corrected chi connectivity index (χ3v) is 1.80. The second kappa shape index (κ2) is 6.87. The number of aryl methyl sites for hydroxylation is 1. The topological polar surface area (TPSA) is 43.8 Å². The zero-order valence-corrected chi connectivity index (χ0v) is 10.3. The normalized spacial score (nSPS) is 8.60. The molecule has 0 aliphatic carbocycles. The minimum atomic E-state index is 0.731. The Morgan fingerprint density at radius 3 is 2.27 bits per heavy atom. The summed E-state index contributed by atoms with van der Waals surface area (Å²) >= 11 is 0. The van der Waals surface area contributed by atoms with Gasteiger partial charge in [-0.1, -0.05) is 27.7 Å². The number of aromatic nitrogens is 2. The van der Waals surface area contributed by atoms with E-state index in [1.807, 2.05) is 57.8 Å². The largest absolute Gasteiger partial charge is 0.396 e. The van der Waals surface area contributed by atoms with Crippen LogP contribution >= 0.6 is 0 Å². The van der Waals surface area contributed by atoms with E-state index in [9.17, 15) is 0 Å². The minimum absolute atomic E-state index is 0.731. The first-order chi connectivity index (χ1) is 7.29. The van der Waals surface area contributed by atoms with Crippen LogP contribution in [0.1, 0.15) is 27.7 Å². The van der Waals surface area contributed by atoms with Crippen LogP contribution in [0.15, 0.2) is 24.7 Å². The number of hydrogen-bond acceptors (Lipinski definition) is 2. The van der Waals surface area contributed by atoms with E-state index in [1.165, 1.54) is 0 Å². The van der Waals surface area contributed by atoms with Crippen molar-refractivity contribution in [2.45, 2.75) is 27.7 Å². The standard InChI is InChI=1S/C8H9N3.2C2H6/c1-11-3-2-6-4-10-5-7(9)8(6)11;2*1-2/h2-5H,9H2,1H3;2*1-2H3. The van der Waals surface area contributed by atoms with E-state index in [1.54, 1.807) is 6.20 Å². The van der Waals surface area contributed by atoms with Gasteiger partial charge in [-0.05, 0) is 6.07 Å². The van der Waals surface area contributed by atoms with E-state index in [0.29, 0.717) is 0 Å². The summed E-state index contributed by atoms with van der Waals surface area (Å²) in [5.41, 5.74) is 7.51. The van der Waals surface area contributed by atoms with Crippen molar-refractivity contribution in [2.75, 3.05) is 5.73 Å².